The monoisotopic (exact) mass is 455 g/mol. The Morgan fingerprint density at radius 2 is 1.85 bits per heavy atom. The fraction of sp³-hybridized carbons (Fsp3) is 0.222. The fourth-order valence-corrected chi connectivity index (χ4v) is 4.30. The van der Waals surface area contributed by atoms with Crippen molar-refractivity contribution in [3.8, 4) is 11.1 Å². The highest BCUT2D eigenvalue weighted by molar-refractivity contribution is 6.05. The van der Waals surface area contributed by atoms with Crippen LogP contribution in [-0.4, -0.2) is 54.0 Å². The standard InChI is InChI=1S/C27H26FN5O/c1-32(2)21-13-14-33(17-21)26-16-29-25-15-20(11-12-24(25)31-26)30-27(34)19-9-7-18(8-10-19)22-5-3-4-6-23(22)28/h3-12,15-16,21H,13-14,17H2,1-2H3,(H,30,34)/t21-/m1/s1. The van der Waals surface area contributed by atoms with E-state index in [1.54, 1.807) is 48.7 Å². The molecule has 6 nitrogen and oxygen atoms in total. The van der Waals surface area contributed by atoms with Crippen molar-refractivity contribution in [1.82, 2.24) is 14.9 Å². The summed E-state index contributed by atoms with van der Waals surface area (Å²) in [7, 11) is 4.21. The lowest BCUT2D eigenvalue weighted by Crippen LogP contribution is -2.31. The molecule has 1 N–H and O–H groups in total. The molecule has 0 unspecified atom stereocenters. The molecule has 1 aliphatic rings. The van der Waals surface area contributed by atoms with Gasteiger partial charge in [-0.15, -0.1) is 0 Å². The molecule has 1 atom stereocenters. The Morgan fingerprint density at radius 3 is 2.59 bits per heavy atom. The van der Waals surface area contributed by atoms with Gasteiger partial charge in [0.15, 0.2) is 0 Å². The molecule has 1 amide bonds. The van der Waals surface area contributed by atoms with Crippen molar-refractivity contribution in [1.29, 1.82) is 0 Å². The van der Waals surface area contributed by atoms with Gasteiger partial charge in [-0.3, -0.25) is 9.78 Å². The summed E-state index contributed by atoms with van der Waals surface area (Å²) in [5.41, 5.74) is 3.88. The zero-order valence-corrected chi connectivity index (χ0v) is 19.2. The number of benzene rings is 3. The SMILES string of the molecule is CN(C)[C@@H]1CCN(c2cnc3cc(NC(=O)c4ccc(-c5ccccc5F)cc4)ccc3n2)C1. The molecule has 1 aliphatic heterocycles. The number of halogens is 1. The summed E-state index contributed by atoms with van der Waals surface area (Å²) < 4.78 is 14.0. The minimum Gasteiger partial charge on any atom is -0.354 e. The molecule has 1 saturated heterocycles. The number of amides is 1. The zero-order chi connectivity index (χ0) is 23.7. The first-order valence-electron chi connectivity index (χ1n) is 11.3. The molecular weight excluding hydrogens is 429 g/mol. The normalized spacial score (nSPS) is 15.8. The largest absolute Gasteiger partial charge is 0.354 e. The number of hydrogen-bond acceptors (Lipinski definition) is 5. The van der Waals surface area contributed by atoms with Gasteiger partial charge >= 0.3 is 0 Å². The molecule has 4 aromatic rings. The van der Waals surface area contributed by atoms with Crippen LogP contribution in [0.2, 0.25) is 0 Å². The number of hydrogen-bond donors (Lipinski definition) is 1. The van der Waals surface area contributed by atoms with Crippen LogP contribution in [0.1, 0.15) is 16.8 Å². The van der Waals surface area contributed by atoms with E-state index in [4.69, 9.17) is 4.98 Å². The Hall–Kier alpha value is -3.84. The van der Waals surface area contributed by atoms with Crippen molar-refractivity contribution in [2.75, 3.05) is 37.4 Å². The maximum atomic E-state index is 14.0. The zero-order valence-electron chi connectivity index (χ0n) is 19.2. The summed E-state index contributed by atoms with van der Waals surface area (Å²) in [4.78, 5) is 26.6. The topological polar surface area (TPSA) is 61.4 Å². The minimum absolute atomic E-state index is 0.240. The van der Waals surface area contributed by atoms with E-state index in [2.05, 4.69) is 34.2 Å². The average Bonchev–Trinajstić information content (AvgIpc) is 3.35. The summed E-state index contributed by atoms with van der Waals surface area (Å²) in [5.74, 6) is 0.349. The van der Waals surface area contributed by atoms with Gasteiger partial charge in [-0.05, 0) is 62.5 Å². The first-order chi connectivity index (χ1) is 16.5. The fourth-order valence-electron chi connectivity index (χ4n) is 4.30. The second-order valence-electron chi connectivity index (χ2n) is 8.80. The minimum atomic E-state index is -0.289. The van der Waals surface area contributed by atoms with Gasteiger partial charge in [0, 0.05) is 35.9 Å². The van der Waals surface area contributed by atoms with Gasteiger partial charge in [0.1, 0.15) is 11.6 Å². The predicted octanol–water partition coefficient (Wildman–Crippen LogP) is 4.83. The van der Waals surface area contributed by atoms with Crippen LogP contribution >= 0.6 is 0 Å². The molecule has 0 radical (unpaired) electrons. The van der Waals surface area contributed by atoms with Crippen LogP contribution < -0.4 is 10.2 Å². The number of nitrogens with one attached hydrogen (secondary N) is 1. The van der Waals surface area contributed by atoms with Crippen LogP contribution in [-0.2, 0) is 0 Å². The van der Waals surface area contributed by atoms with E-state index in [9.17, 15) is 9.18 Å². The van der Waals surface area contributed by atoms with E-state index < -0.39 is 0 Å². The van der Waals surface area contributed by atoms with Crippen molar-refractivity contribution in [3.63, 3.8) is 0 Å². The van der Waals surface area contributed by atoms with Gasteiger partial charge in [-0.1, -0.05) is 30.3 Å². The number of anilines is 2. The van der Waals surface area contributed by atoms with Crippen LogP contribution in [0.3, 0.4) is 0 Å². The van der Waals surface area contributed by atoms with Crippen molar-refractivity contribution < 1.29 is 9.18 Å². The number of carbonyl (C=O) groups is 1. The lowest BCUT2D eigenvalue weighted by Gasteiger charge is -2.21. The van der Waals surface area contributed by atoms with Crippen LogP contribution in [0, 0.1) is 5.82 Å². The Bertz CT molecular complexity index is 1340. The molecule has 0 spiro atoms. The average molecular weight is 456 g/mol. The first kappa shape index (κ1) is 22.0. The molecule has 7 heteroatoms. The Labute approximate surface area is 198 Å². The third kappa shape index (κ3) is 4.47. The number of nitrogens with zero attached hydrogens (tertiary/aromatic N) is 4. The quantitative estimate of drug-likeness (QED) is 0.467. The highest BCUT2D eigenvalue weighted by Crippen LogP contribution is 2.25. The highest BCUT2D eigenvalue weighted by atomic mass is 19.1. The Morgan fingerprint density at radius 1 is 1.06 bits per heavy atom. The van der Waals surface area contributed by atoms with E-state index in [1.807, 2.05) is 18.2 Å². The van der Waals surface area contributed by atoms with Gasteiger partial charge in [-0.25, -0.2) is 9.37 Å². The lowest BCUT2D eigenvalue weighted by molar-refractivity contribution is 0.102. The van der Waals surface area contributed by atoms with Gasteiger partial charge in [-0.2, -0.15) is 0 Å². The maximum absolute atomic E-state index is 14.0. The van der Waals surface area contributed by atoms with E-state index in [0.717, 1.165) is 41.9 Å². The van der Waals surface area contributed by atoms with Crippen molar-refractivity contribution in [3.05, 3.63) is 84.3 Å². The Kier molecular flexibility index (Phi) is 5.94. The number of carbonyl (C=O) groups excluding carboxylic acids is 1. The molecule has 172 valence electrons. The van der Waals surface area contributed by atoms with Crippen molar-refractivity contribution in [2.45, 2.75) is 12.5 Å². The van der Waals surface area contributed by atoms with Crippen LogP contribution in [0.5, 0.6) is 0 Å². The molecule has 0 saturated carbocycles. The van der Waals surface area contributed by atoms with Gasteiger partial charge in [0.05, 0.1) is 17.2 Å². The van der Waals surface area contributed by atoms with Crippen molar-refractivity contribution >= 4 is 28.4 Å². The van der Waals surface area contributed by atoms with E-state index >= 15 is 0 Å². The number of rotatable bonds is 5. The molecule has 0 aliphatic carbocycles. The maximum Gasteiger partial charge on any atom is 0.255 e. The second kappa shape index (κ2) is 9.19. The van der Waals surface area contributed by atoms with E-state index in [0.29, 0.717) is 22.9 Å². The molecule has 1 fully saturated rings. The second-order valence-corrected chi connectivity index (χ2v) is 8.80. The Balaban J connectivity index is 1.29. The van der Waals surface area contributed by atoms with Gasteiger partial charge in [0.25, 0.3) is 5.91 Å². The van der Waals surface area contributed by atoms with Gasteiger partial charge in [0.2, 0.25) is 0 Å². The van der Waals surface area contributed by atoms with Crippen molar-refractivity contribution in [2.24, 2.45) is 0 Å². The molecule has 3 aromatic carbocycles. The van der Waals surface area contributed by atoms with Gasteiger partial charge < -0.3 is 15.1 Å². The first-order valence-corrected chi connectivity index (χ1v) is 11.3. The number of likely N-dealkylation sites (N-methyl/N-ethyl adjacent to an activating group) is 1. The predicted molar refractivity (Wildman–Crippen MR) is 134 cm³/mol. The number of fused-ring (bicyclic) bond motifs is 1. The molecule has 0 bridgehead atoms. The molecule has 1 aromatic heterocycles. The highest BCUT2D eigenvalue weighted by Gasteiger charge is 2.25. The summed E-state index contributed by atoms with van der Waals surface area (Å²) >= 11 is 0. The summed E-state index contributed by atoms with van der Waals surface area (Å²) in [6.07, 6.45) is 2.91. The van der Waals surface area contributed by atoms with E-state index in [-0.39, 0.29) is 11.7 Å². The van der Waals surface area contributed by atoms with Crippen LogP contribution in [0.15, 0.2) is 72.9 Å². The van der Waals surface area contributed by atoms with Crippen LogP contribution in [0.4, 0.5) is 15.9 Å². The molecule has 2 heterocycles. The summed E-state index contributed by atoms with van der Waals surface area (Å²) in [5, 5.41) is 2.91. The number of aromatic nitrogens is 2. The van der Waals surface area contributed by atoms with E-state index in [1.165, 1.54) is 6.07 Å². The summed E-state index contributed by atoms with van der Waals surface area (Å²) in [6.45, 7) is 1.91. The molecular formula is C27H26FN5O. The lowest BCUT2D eigenvalue weighted by atomic mass is 10.0. The molecule has 5 rings (SSSR count). The summed E-state index contributed by atoms with van der Waals surface area (Å²) in [6, 6.07) is 19.5. The third-order valence-electron chi connectivity index (χ3n) is 6.34. The molecule has 34 heavy (non-hydrogen) atoms. The van der Waals surface area contributed by atoms with Crippen LogP contribution in [0.25, 0.3) is 22.2 Å². The smallest absolute Gasteiger partial charge is 0.255 e. The third-order valence-corrected chi connectivity index (χ3v) is 6.34.